The van der Waals surface area contributed by atoms with Crippen LogP contribution >= 0.6 is 0 Å². The summed E-state index contributed by atoms with van der Waals surface area (Å²) in [4.78, 5) is 15.4. The SMILES string of the molecule is CC(C)(C)[Si](C)(C)OC(CNCCc1ccc(O)cc1)c1ccc(OCc2ccccc2)c2[nH]c(=O)ccc12. The van der Waals surface area contributed by atoms with Gasteiger partial charge in [-0.1, -0.05) is 69.3 Å². The summed E-state index contributed by atoms with van der Waals surface area (Å²) in [5, 5.41) is 14.1. The second-order valence-corrected chi connectivity index (χ2v) is 16.3. The Hall–Kier alpha value is -3.39. The number of fused-ring (bicyclic) bond motifs is 1. The zero-order valence-corrected chi connectivity index (χ0v) is 24.6. The minimum absolute atomic E-state index is 0.0418. The molecule has 0 aliphatic carbocycles. The van der Waals surface area contributed by atoms with Crippen LogP contribution in [0.5, 0.6) is 11.5 Å². The number of benzene rings is 3. The zero-order chi connectivity index (χ0) is 28.0. The van der Waals surface area contributed by atoms with Crippen LogP contribution in [0.4, 0.5) is 0 Å². The first kappa shape index (κ1) is 28.6. The van der Waals surface area contributed by atoms with Crippen molar-refractivity contribution >= 4 is 19.2 Å². The molecule has 0 fully saturated rings. The number of hydrogen-bond acceptors (Lipinski definition) is 5. The molecule has 0 saturated heterocycles. The van der Waals surface area contributed by atoms with E-state index in [-0.39, 0.29) is 22.5 Å². The fraction of sp³-hybridized carbons (Fsp3) is 0.344. The van der Waals surface area contributed by atoms with Crippen molar-refractivity contribution in [2.45, 2.75) is 58.0 Å². The molecule has 0 saturated carbocycles. The van der Waals surface area contributed by atoms with Crippen LogP contribution < -0.4 is 15.6 Å². The zero-order valence-electron chi connectivity index (χ0n) is 23.6. The first-order valence-corrected chi connectivity index (χ1v) is 16.4. The van der Waals surface area contributed by atoms with Gasteiger partial charge in [0.2, 0.25) is 5.56 Å². The fourth-order valence-corrected chi connectivity index (χ4v) is 5.54. The molecule has 1 unspecified atom stereocenters. The third-order valence-electron chi connectivity index (χ3n) is 7.57. The molecule has 39 heavy (non-hydrogen) atoms. The Kier molecular flexibility index (Phi) is 8.95. The molecule has 6 nitrogen and oxygen atoms in total. The molecule has 0 bridgehead atoms. The summed E-state index contributed by atoms with van der Waals surface area (Å²) in [6.07, 6.45) is 0.634. The van der Waals surface area contributed by atoms with Crippen molar-refractivity contribution in [1.29, 1.82) is 0 Å². The monoisotopic (exact) mass is 544 g/mol. The average molecular weight is 545 g/mol. The van der Waals surface area contributed by atoms with E-state index in [0.717, 1.165) is 35.0 Å². The molecule has 4 aromatic rings. The van der Waals surface area contributed by atoms with Crippen molar-refractivity contribution < 1.29 is 14.3 Å². The molecule has 1 aromatic heterocycles. The number of pyridine rings is 1. The van der Waals surface area contributed by atoms with Crippen molar-refractivity contribution in [3.8, 4) is 11.5 Å². The average Bonchev–Trinajstić information content (AvgIpc) is 2.90. The number of phenolic OH excluding ortho intramolecular Hbond substituents is 1. The topological polar surface area (TPSA) is 83.6 Å². The summed E-state index contributed by atoms with van der Waals surface area (Å²) in [7, 11) is -2.12. The lowest BCUT2D eigenvalue weighted by Crippen LogP contribution is -2.43. The summed E-state index contributed by atoms with van der Waals surface area (Å²) >= 11 is 0. The summed E-state index contributed by atoms with van der Waals surface area (Å²) < 4.78 is 13.1. The van der Waals surface area contributed by atoms with Gasteiger partial charge in [0.1, 0.15) is 18.1 Å². The highest BCUT2D eigenvalue weighted by atomic mass is 28.4. The molecule has 4 rings (SSSR count). The van der Waals surface area contributed by atoms with E-state index in [1.807, 2.05) is 54.6 Å². The number of aromatic nitrogens is 1. The maximum absolute atomic E-state index is 12.4. The molecular weight excluding hydrogens is 504 g/mol. The standard InChI is InChI=1S/C32H40N2O4Si/c1-32(2,3)39(4,5)38-29(21-33-20-19-23-11-13-25(35)14-12-23)26-15-17-28(31-27(26)16-18-30(36)34-31)37-22-24-9-7-6-8-10-24/h6-18,29,33,35H,19-22H2,1-5H3,(H,34,36). The molecular formula is C32H40N2O4Si. The van der Waals surface area contributed by atoms with E-state index in [1.54, 1.807) is 18.2 Å². The van der Waals surface area contributed by atoms with Crippen molar-refractivity contribution in [3.05, 3.63) is 106 Å². The van der Waals surface area contributed by atoms with Crippen LogP contribution in [0.1, 0.15) is 43.6 Å². The number of aromatic hydroxyl groups is 1. The highest BCUT2D eigenvalue weighted by Crippen LogP contribution is 2.41. The Morgan fingerprint density at radius 1 is 0.923 bits per heavy atom. The molecule has 7 heteroatoms. The lowest BCUT2D eigenvalue weighted by atomic mass is 10.0. The Morgan fingerprint density at radius 3 is 2.33 bits per heavy atom. The fourth-order valence-electron chi connectivity index (χ4n) is 4.26. The largest absolute Gasteiger partial charge is 0.508 e. The summed E-state index contributed by atoms with van der Waals surface area (Å²) in [6.45, 7) is 13.1. The first-order valence-electron chi connectivity index (χ1n) is 13.5. The smallest absolute Gasteiger partial charge is 0.248 e. The predicted molar refractivity (Wildman–Crippen MR) is 161 cm³/mol. The van der Waals surface area contributed by atoms with Crippen LogP contribution in [-0.2, 0) is 17.5 Å². The Morgan fingerprint density at radius 2 is 1.64 bits per heavy atom. The maximum atomic E-state index is 12.4. The van der Waals surface area contributed by atoms with Gasteiger partial charge in [-0.05, 0) is 72.1 Å². The molecule has 0 spiro atoms. The van der Waals surface area contributed by atoms with Crippen LogP contribution in [0.25, 0.3) is 10.9 Å². The van der Waals surface area contributed by atoms with Gasteiger partial charge in [0.15, 0.2) is 8.32 Å². The molecule has 0 aliphatic heterocycles. The number of rotatable bonds is 11. The van der Waals surface area contributed by atoms with Crippen LogP contribution in [0.2, 0.25) is 18.1 Å². The van der Waals surface area contributed by atoms with E-state index in [4.69, 9.17) is 9.16 Å². The van der Waals surface area contributed by atoms with Gasteiger partial charge in [0, 0.05) is 18.0 Å². The molecule has 3 aromatic carbocycles. The van der Waals surface area contributed by atoms with Gasteiger partial charge in [-0.25, -0.2) is 0 Å². The number of phenols is 1. The molecule has 0 amide bonds. The van der Waals surface area contributed by atoms with E-state index in [1.165, 1.54) is 0 Å². The van der Waals surface area contributed by atoms with E-state index < -0.39 is 8.32 Å². The minimum Gasteiger partial charge on any atom is -0.508 e. The van der Waals surface area contributed by atoms with Gasteiger partial charge in [-0.3, -0.25) is 4.79 Å². The second-order valence-electron chi connectivity index (χ2n) is 11.5. The molecule has 0 radical (unpaired) electrons. The van der Waals surface area contributed by atoms with E-state index in [2.05, 4.69) is 50.2 Å². The highest BCUT2D eigenvalue weighted by Gasteiger charge is 2.39. The minimum atomic E-state index is -2.12. The second kappa shape index (κ2) is 12.2. The van der Waals surface area contributed by atoms with Gasteiger partial charge >= 0.3 is 0 Å². The van der Waals surface area contributed by atoms with E-state index in [0.29, 0.717) is 24.4 Å². The number of aromatic amines is 1. The summed E-state index contributed by atoms with van der Waals surface area (Å²) in [5.74, 6) is 0.914. The van der Waals surface area contributed by atoms with Crippen molar-refractivity contribution in [3.63, 3.8) is 0 Å². The molecule has 0 aliphatic rings. The van der Waals surface area contributed by atoms with Crippen molar-refractivity contribution in [2.75, 3.05) is 13.1 Å². The third-order valence-corrected chi connectivity index (χ3v) is 12.1. The Labute approximate surface area is 232 Å². The quantitative estimate of drug-likeness (QED) is 0.144. The number of H-pyrrole nitrogens is 1. The van der Waals surface area contributed by atoms with Crippen molar-refractivity contribution in [2.24, 2.45) is 0 Å². The molecule has 3 N–H and O–H groups in total. The van der Waals surface area contributed by atoms with E-state index in [9.17, 15) is 9.90 Å². The normalized spacial score (nSPS) is 12.9. The van der Waals surface area contributed by atoms with E-state index >= 15 is 0 Å². The number of nitrogens with one attached hydrogen (secondary N) is 2. The predicted octanol–water partition coefficient (Wildman–Crippen LogP) is 6.71. The van der Waals surface area contributed by atoms with Crippen LogP contribution in [0.3, 0.4) is 0 Å². The number of hydrogen-bond donors (Lipinski definition) is 3. The van der Waals surface area contributed by atoms with Crippen LogP contribution in [0.15, 0.2) is 83.7 Å². The lowest BCUT2D eigenvalue weighted by Gasteiger charge is -2.39. The van der Waals surface area contributed by atoms with Crippen LogP contribution in [-0.4, -0.2) is 31.5 Å². The summed E-state index contributed by atoms with van der Waals surface area (Å²) in [6, 6.07) is 24.8. The maximum Gasteiger partial charge on any atom is 0.248 e. The number of ether oxygens (including phenoxy) is 1. The van der Waals surface area contributed by atoms with Crippen molar-refractivity contribution in [1.82, 2.24) is 10.3 Å². The summed E-state index contributed by atoms with van der Waals surface area (Å²) in [5.41, 5.74) is 3.76. The highest BCUT2D eigenvalue weighted by molar-refractivity contribution is 6.74. The molecule has 1 heterocycles. The van der Waals surface area contributed by atoms with Gasteiger partial charge in [0.25, 0.3) is 0 Å². The van der Waals surface area contributed by atoms with Crippen LogP contribution in [0, 0.1) is 0 Å². The first-order chi connectivity index (χ1) is 18.5. The molecule has 206 valence electrons. The Balaban J connectivity index is 1.61. The van der Waals surface area contributed by atoms with Gasteiger partial charge in [-0.2, -0.15) is 0 Å². The van der Waals surface area contributed by atoms with Gasteiger partial charge in [-0.15, -0.1) is 0 Å². The third kappa shape index (κ3) is 7.38. The molecule has 1 atom stereocenters. The van der Waals surface area contributed by atoms with Gasteiger partial charge in [0.05, 0.1) is 11.6 Å². The Bertz CT molecular complexity index is 1430. The lowest BCUT2D eigenvalue weighted by molar-refractivity contribution is 0.182. The van der Waals surface area contributed by atoms with Gasteiger partial charge < -0.3 is 24.6 Å².